The van der Waals surface area contributed by atoms with Gasteiger partial charge in [-0.3, -0.25) is 4.79 Å². The molecular formula is C12H22O4S. The van der Waals surface area contributed by atoms with E-state index in [1.165, 1.54) is 0 Å². The molecule has 1 rings (SSSR count). The zero-order chi connectivity index (χ0) is 12.9. The van der Waals surface area contributed by atoms with Gasteiger partial charge in [-0.25, -0.2) is 8.42 Å². The van der Waals surface area contributed by atoms with Crippen molar-refractivity contribution in [2.75, 3.05) is 12.4 Å². The van der Waals surface area contributed by atoms with E-state index in [0.717, 1.165) is 25.7 Å². The van der Waals surface area contributed by atoms with Crippen LogP contribution in [-0.4, -0.2) is 32.0 Å². The number of ether oxygens (including phenoxy) is 1. The zero-order valence-electron chi connectivity index (χ0n) is 10.6. The number of hydrogen-bond acceptors (Lipinski definition) is 4. The van der Waals surface area contributed by atoms with Crippen LogP contribution in [0.4, 0.5) is 0 Å². The summed E-state index contributed by atoms with van der Waals surface area (Å²) in [4.78, 5) is 11.6. The van der Waals surface area contributed by atoms with Gasteiger partial charge in [-0.15, -0.1) is 0 Å². The van der Waals surface area contributed by atoms with Crippen LogP contribution in [-0.2, 0) is 19.4 Å². The van der Waals surface area contributed by atoms with E-state index >= 15 is 0 Å². The van der Waals surface area contributed by atoms with Crippen molar-refractivity contribution in [3.8, 4) is 0 Å². The molecule has 0 amide bonds. The molecule has 1 aliphatic carbocycles. The second kappa shape index (κ2) is 6.38. The van der Waals surface area contributed by atoms with Crippen molar-refractivity contribution >= 4 is 15.8 Å². The first-order chi connectivity index (χ1) is 8.01. The minimum Gasteiger partial charge on any atom is -0.465 e. The summed E-state index contributed by atoms with van der Waals surface area (Å²) in [7, 11) is -3.35. The van der Waals surface area contributed by atoms with Gasteiger partial charge in [-0.05, 0) is 32.1 Å². The summed E-state index contributed by atoms with van der Waals surface area (Å²) in [6.07, 6.45) is 4.46. The molecule has 0 saturated heterocycles. The van der Waals surface area contributed by atoms with Crippen LogP contribution in [0.2, 0.25) is 0 Å². The Balaban J connectivity index is 2.67. The SMILES string of the molecule is CCOC(=O)C(CC)S(=O)(=O)CC1CCCC1. The van der Waals surface area contributed by atoms with Crippen LogP contribution >= 0.6 is 0 Å². The molecule has 0 aromatic heterocycles. The van der Waals surface area contributed by atoms with Crippen molar-refractivity contribution in [1.29, 1.82) is 0 Å². The van der Waals surface area contributed by atoms with Crippen molar-refractivity contribution < 1.29 is 17.9 Å². The number of carbonyl (C=O) groups is 1. The highest BCUT2D eigenvalue weighted by atomic mass is 32.2. The first-order valence-corrected chi connectivity index (χ1v) is 8.11. The fourth-order valence-corrected chi connectivity index (χ4v) is 4.52. The Morgan fingerprint density at radius 1 is 1.29 bits per heavy atom. The molecule has 4 nitrogen and oxygen atoms in total. The molecule has 0 heterocycles. The van der Waals surface area contributed by atoms with Crippen LogP contribution in [0.15, 0.2) is 0 Å². The average molecular weight is 262 g/mol. The number of rotatable bonds is 6. The van der Waals surface area contributed by atoms with Crippen LogP contribution in [0.25, 0.3) is 0 Å². The third-order valence-corrected chi connectivity index (χ3v) is 5.63. The highest BCUT2D eigenvalue weighted by Crippen LogP contribution is 2.27. The predicted molar refractivity (Wildman–Crippen MR) is 66.5 cm³/mol. The Hall–Kier alpha value is -0.580. The molecule has 0 aliphatic heterocycles. The van der Waals surface area contributed by atoms with Gasteiger partial charge in [0.1, 0.15) is 0 Å². The molecule has 0 bridgehead atoms. The van der Waals surface area contributed by atoms with Crippen LogP contribution in [0, 0.1) is 5.92 Å². The van der Waals surface area contributed by atoms with E-state index in [1.54, 1.807) is 13.8 Å². The molecule has 17 heavy (non-hydrogen) atoms. The summed E-state index contributed by atoms with van der Waals surface area (Å²) < 4.78 is 29.1. The minimum atomic E-state index is -3.35. The molecule has 0 N–H and O–H groups in total. The Morgan fingerprint density at radius 2 is 1.88 bits per heavy atom. The smallest absolute Gasteiger partial charge is 0.324 e. The van der Waals surface area contributed by atoms with Crippen molar-refractivity contribution in [2.24, 2.45) is 5.92 Å². The lowest BCUT2D eigenvalue weighted by atomic mass is 10.1. The molecule has 1 unspecified atom stereocenters. The fourth-order valence-electron chi connectivity index (χ4n) is 2.42. The summed E-state index contributed by atoms with van der Waals surface area (Å²) in [5, 5.41) is -0.969. The molecule has 0 aromatic rings. The largest absolute Gasteiger partial charge is 0.465 e. The van der Waals surface area contributed by atoms with E-state index in [9.17, 15) is 13.2 Å². The van der Waals surface area contributed by atoms with Gasteiger partial charge in [0.15, 0.2) is 15.1 Å². The van der Waals surface area contributed by atoms with E-state index < -0.39 is 21.1 Å². The second-order valence-corrected chi connectivity index (χ2v) is 6.86. The van der Waals surface area contributed by atoms with Gasteiger partial charge in [0.25, 0.3) is 0 Å². The van der Waals surface area contributed by atoms with Crippen molar-refractivity contribution in [3.63, 3.8) is 0 Å². The predicted octanol–water partition coefficient (Wildman–Crippen LogP) is 1.93. The first-order valence-electron chi connectivity index (χ1n) is 6.39. The number of hydrogen-bond donors (Lipinski definition) is 0. The summed E-state index contributed by atoms with van der Waals surface area (Å²) in [5.74, 6) is -0.207. The zero-order valence-corrected chi connectivity index (χ0v) is 11.5. The van der Waals surface area contributed by atoms with Crippen molar-refractivity contribution in [2.45, 2.75) is 51.2 Å². The lowest BCUT2D eigenvalue weighted by Gasteiger charge is -2.17. The Morgan fingerprint density at radius 3 is 2.35 bits per heavy atom. The molecule has 0 aromatic carbocycles. The topological polar surface area (TPSA) is 60.4 Å². The lowest BCUT2D eigenvalue weighted by Crippen LogP contribution is -2.34. The summed E-state index contributed by atoms with van der Waals surface area (Å²) in [6.45, 7) is 3.64. The van der Waals surface area contributed by atoms with Gasteiger partial charge in [0.2, 0.25) is 0 Å². The highest BCUT2D eigenvalue weighted by molar-refractivity contribution is 7.92. The van der Waals surface area contributed by atoms with E-state index in [0.29, 0.717) is 6.42 Å². The van der Waals surface area contributed by atoms with Crippen LogP contribution in [0.1, 0.15) is 46.0 Å². The second-order valence-electron chi connectivity index (χ2n) is 4.63. The van der Waals surface area contributed by atoms with E-state index in [1.807, 2.05) is 0 Å². The summed E-state index contributed by atoms with van der Waals surface area (Å²) >= 11 is 0. The number of carbonyl (C=O) groups excluding carboxylic acids is 1. The maximum absolute atomic E-state index is 12.1. The molecule has 0 radical (unpaired) electrons. The summed E-state index contributed by atoms with van der Waals surface area (Å²) in [5.41, 5.74) is 0. The molecule has 1 fully saturated rings. The van der Waals surface area contributed by atoms with Gasteiger partial charge in [-0.2, -0.15) is 0 Å². The molecule has 1 atom stereocenters. The third kappa shape index (κ3) is 3.98. The van der Waals surface area contributed by atoms with Crippen LogP contribution in [0.3, 0.4) is 0 Å². The molecule has 1 saturated carbocycles. The first kappa shape index (κ1) is 14.5. The van der Waals surface area contributed by atoms with E-state index in [4.69, 9.17) is 4.74 Å². The maximum atomic E-state index is 12.1. The molecule has 1 aliphatic rings. The monoisotopic (exact) mass is 262 g/mol. The van der Waals surface area contributed by atoms with Crippen molar-refractivity contribution in [1.82, 2.24) is 0 Å². The Kier molecular flexibility index (Phi) is 5.43. The lowest BCUT2D eigenvalue weighted by molar-refractivity contribution is -0.142. The molecule has 0 spiro atoms. The maximum Gasteiger partial charge on any atom is 0.324 e. The normalized spacial score (nSPS) is 19.2. The number of sulfone groups is 1. The molecule has 100 valence electrons. The van der Waals surface area contributed by atoms with Gasteiger partial charge in [0, 0.05) is 0 Å². The van der Waals surface area contributed by atoms with Gasteiger partial charge < -0.3 is 4.74 Å². The average Bonchev–Trinajstić information content (AvgIpc) is 2.70. The van der Waals surface area contributed by atoms with Crippen molar-refractivity contribution in [3.05, 3.63) is 0 Å². The highest BCUT2D eigenvalue weighted by Gasteiger charge is 2.34. The summed E-state index contributed by atoms with van der Waals surface area (Å²) in [6, 6.07) is 0. The Labute approximate surface area is 104 Å². The number of esters is 1. The van der Waals surface area contributed by atoms with E-state index in [-0.39, 0.29) is 18.3 Å². The Bertz CT molecular complexity index is 342. The fraction of sp³-hybridized carbons (Fsp3) is 0.917. The third-order valence-electron chi connectivity index (χ3n) is 3.30. The molecule has 5 heteroatoms. The van der Waals surface area contributed by atoms with Gasteiger partial charge >= 0.3 is 5.97 Å². The van der Waals surface area contributed by atoms with Gasteiger partial charge in [0.05, 0.1) is 12.4 Å². The quantitative estimate of drug-likeness (QED) is 0.686. The van der Waals surface area contributed by atoms with E-state index in [2.05, 4.69) is 0 Å². The standard InChI is InChI=1S/C12H22O4S/c1-3-11(12(13)16-4-2)17(14,15)9-10-7-5-6-8-10/h10-11H,3-9H2,1-2H3. The van der Waals surface area contributed by atoms with Crippen LogP contribution < -0.4 is 0 Å². The minimum absolute atomic E-state index is 0.143. The van der Waals surface area contributed by atoms with Gasteiger partial charge in [-0.1, -0.05) is 19.8 Å². The molecular weight excluding hydrogens is 240 g/mol. The van der Waals surface area contributed by atoms with Crippen LogP contribution in [0.5, 0.6) is 0 Å².